The lowest BCUT2D eigenvalue weighted by molar-refractivity contribution is 0.111. The van der Waals surface area contributed by atoms with Gasteiger partial charge in [0, 0.05) is 29.0 Å². The molecule has 0 saturated carbocycles. The molecule has 1 N–H and O–H groups in total. The van der Waals surface area contributed by atoms with Crippen LogP contribution in [0, 0.1) is 0 Å². The second kappa shape index (κ2) is 5.90. The van der Waals surface area contributed by atoms with Gasteiger partial charge in [-0.15, -0.1) is 0 Å². The van der Waals surface area contributed by atoms with E-state index in [1.165, 1.54) is 0 Å². The van der Waals surface area contributed by atoms with E-state index in [1.54, 1.807) is 11.8 Å². The van der Waals surface area contributed by atoms with Crippen molar-refractivity contribution in [1.29, 1.82) is 0 Å². The molecule has 1 aromatic heterocycles. The molecule has 0 spiro atoms. The first-order valence-corrected chi connectivity index (χ1v) is 9.59. The van der Waals surface area contributed by atoms with Crippen LogP contribution >= 0.6 is 11.8 Å². The molecule has 3 rings (SSSR count). The zero-order valence-electron chi connectivity index (χ0n) is 15.8. The monoisotopic (exact) mass is 358 g/mol. The first-order chi connectivity index (χ1) is 11.5. The Labute approximate surface area is 153 Å². The highest BCUT2D eigenvalue weighted by Crippen LogP contribution is 2.43. The number of phenols is 1. The van der Waals surface area contributed by atoms with Crippen molar-refractivity contribution in [2.75, 3.05) is 5.75 Å². The number of benzene rings is 1. The molecule has 2 heterocycles. The molecule has 1 aliphatic rings. The quantitative estimate of drug-likeness (QED) is 0.786. The van der Waals surface area contributed by atoms with Gasteiger partial charge in [0.15, 0.2) is 11.4 Å². The lowest BCUT2D eigenvalue weighted by Crippen LogP contribution is -2.17. The fraction of sp³-hybridized carbons (Fsp3) is 0.500. The number of nitrogens with zero attached hydrogens (tertiary/aromatic N) is 2. The Morgan fingerprint density at radius 3 is 2.16 bits per heavy atom. The maximum Gasteiger partial charge on any atom is 0.169 e. The van der Waals surface area contributed by atoms with Crippen LogP contribution in [-0.4, -0.2) is 26.7 Å². The molecule has 0 aliphatic carbocycles. The minimum absolute atomic E-state index is 0.210. The molecule has 1 aromatic carbocycles. The second-order valence-electron chi connectivity index (χ2n) is 8.67. The van der Waals surface area contributed by atoms with E-state index in [9.17, 15) is 9.90 Å². The molecule has 1 aliphatic heterocycles. The highest BCUT2D eigenvalue weighted by atomic mass is 32.2. The number of phenolic OH excluding ortho intramolecular Hbond substituents is 1. The normalized spacial score (nSPS) is 14.6. The maximum atomic E-state index is 11.7. The van der Waals surface area contributed by atoms with Crippen LogP contribution in [0.25, 0.3) is 11.3 Å². The van der Waals surface area contributed by atoms with Crippen LogP contribution < -0.4 is 0 Å². The number of aromatic hydroxyl groups is 1. The minimum atomic E-state index is -0.210. The number of hydrogen-bond acceptors (Lipinski definition) is 4. The van der Waals surface area contributed by atoms with Crippen LogP contribution in [0.2, 0.25) is 0 Å². The van der Waals surface area contributed by atoms with Gasteiger partial charge in [0.2, 0.25) is 0 Å². The van der Waals surface area contributed by atoms with Crippen molar-refractivity contribution in [3.63, 3.8) is 0 Å². The first kappa shape index (κ1) is 18.1. The van der Waals surface area contributed by atoms with Gasteiger partial charge < -0.3 is 9.67 Å². The van der Waals surface area contributed by atoms with E-state index in [0.29, 0.717) is 17.1 Å². The summed E-state index contributed by atoms with van der Waals surface area (Å²) in [6, 6.07) is 3.97. The summed E-state index contributed by atoms with van der Waals surface area (Å²) >= 11 is 1.68. The highest BCUT2D eigenvalue weighted by molar-refractivity contribution is 7.99. The van der Waals surface area contributed by atoms with Crippen molar-refractivity contribution in [1.82, 2.24) is 9.55 Å². The molecule has 4 nitrogen and oxygen atoms in total. The van der Waals surface area contributed by atoms with E-state index in [4.69, 9.17) is 4.98 Å². The van der Waals surface area contributed by atoms with Crippen molar-refractivity contribution >= 4 is 18.0 Å². The number of fused-ring (bicyclic) bond motifs is 1. The van der Waals surface area contributed by atoms with Crippen LogP contribution in [0.3, 0.4) is 0 Å². The molecule has 0 atom stereocenters. The highest BCUT2D eigenvalue weighted by Gasteiger charge is 2.29. The Bertz CT molecular complexity index is 804. The Kier molecular flexibility index (Phi) is 4.26. The summed E-state index contributed by atoms with van der Waals surface area (Å²) in [4.78, 5) is 16.5. The zero-order chi connectivity index (χ0) is 18.6. The molecular formula is C20H26N2O2S. The van der Waals surface area contributed by atoms with Gasteiger partial charge in [0.25, 0.3) is 0 Å². The molecular weight excluding hydrogens is 332 g/mol. The number of imidazole rings is 1. The summed E-state index contributed by atoms with van der Waals surface area (Å²) < 4.78 is 1.99. The number of aldehydes is 1. The third-order valence-corrected chi connectivity index (χ3v) is 5.59. The second-order valence-corrected chi connectivity index (χ2v) is 9.73. The Balaban J connectivity index is 2.29. The molecule has 134 valence electrons. The number of hydrogen-bond donors (Lipinski definition) is 1. The number of carbonyl (C=O) groups is 1. The molecule has 2 aromatic rings. The predicted molar refractivity (Wildman–Crippen MR) is 103 cm³/mol. The van der Waals surface area contributed by atoms with Gasteiger partial charge in [-0.1, -0.05) is 53.3 Å². The molecule has 25 heavy (non-hydrogen) atoms. The van der Waals surface area contributed by atoms with E-state index in [2.05, 4.69) is 41.5 Å². The number of carbonyl (C=O) groups excluding carboxylic acids is 1. The summed E-state index contributed by atoms with van der Waals surface area (Å²) in [5.41, 5.74) is 3.59. The molecule has 5 heteroatoms. The van der Waals surface area contributed by atoms with Crippen LogP contribution in [-0.2, 0) is 17.4 Å². The van der Waals surface area contributed by atoms with Crippen molar-refractivity contribution < 1.29 is 9.90 Å². The van der Waals surface area contributed by atoms with E-state index in [0.717, 1.165) is 40.4 Å². The number of thioether (sulfide) groups is 1. The maximum absolute atomic E-state index is 11.7. The molecule has 0 unspecified atom stereocenters. The Hall–Kier alpha value is -1.75. The smallest absolute Gasteiger partial charge is 0.169 e. The van der Waals surface area contributed by atoms with Gasteiger partial charge in [-0.05, 0) is 23.0 Å². The standard InChI is InChI=1S/C20H26N2O2S/c1-19(2,3)13-9-12(10-14(17(13)24)20(4,5)6)16-15(11-23)22-7-8-25-18(22)21-16/h9-11,24H,7-8H2,1-6H3. The largest absolute Gasteiger partial charge is 0.507 e. The van der Waals surface area contributed by atoms with Crippen molar-refractivity contribution in [3.8, 4) is 17.0 Å². The first-order valence-electron chi connectivity index (χ1n) is 8.61. The van der Waals surface area contributed by atoms with Gasteiger partial charge in [-0.2, -0.15) is 0 Å². The van der Waals surface area contributed by atoms with Gasteiger partial charge in [-0.25, -0.2) is 4.98 Å². The van der Waals surface area contributed by atoms with Gasteiger partial charge in [0.05, 0.1) is 0 Å². The zero-order valence-corrected chi connectivity index (χ0v) is 16.6. The molecule has 0 radical (unpaired) electrons. The van der Waals surface area contributed by atoms with E-state index in [-0.39, 0.29) is 10.8 Å². The van der Waals surface area contributed by atoms with E-state index < -0.39 is 0 Å². The average Bonchev–Trinajstić information content (AvgIpc) is 3.05. The summed E-state index contributed by atoms with van der Waals surface area (Å²) in [6.45, 7) is 13.3. The van der Waals surface area contributed by atoms with Crippen LogP contribution in [0.5, 0.6) is 5.75 Å². The van der Waals surface area contributed by atoms with Crippen LogP contribution in [0.1, 0.15) is 63.2 Å². The van der Waals surface area contributed by atoms with Crippen LogP contribution in [0.15, 0.2) is 17.3 Å². The fourth-order valence-electron chi connectivity index (χ4n) is 3.25. The Morgan fingerprint density at radius 2 is 1.68 bits per heavy atom. The minimum Gasteiger partial charge on any atom is -0.507 e. The third-order valence-electron chi connectivity index (χ3n) is 4.63. The molecule has 0 amide bonds. The Morgan fingerprint density at radius 1 is 1.12 bits per heavy atom. The van der Waals surface area contributed by atoms with Gasteiger partial charge in [-0.3, -0.25) is 4.79 Å². The summed E-state index contributed by atoms with van der Waals surface area (Å²) in [7, 11) is 0. The lowest BCUT2D eigenvalue weighted by Gasteiger charge is -2.28. The average molecular weight is 359 g/mol. The summed E-state index contributed by atoms with van der Waals surface area (Å²) in [5, 5.41) is 11.8. The summed E-state index contributed by atoms with van der Waals surface area (Å²) in [6.07, 6.45) is 0.901. The molecule has 0 saturated heterocycles. The van der Waals surface area contributed by atoms with Crippen molar-refractivity contribution in [2.45, 2.75) is 64.1 Å². The van der Waals surface area contributed by atoms with Crippen molar-refractivity contribution in [3.05, 3.63) is 29.0 Å². The van der Waals surface area contributed by atoms with Gasteiger partial charge >= 0.3 is 0 Å². The topological polar surface area (TPSA) is 55.1 Å². The third kappa shape index (κ3) is 3.10. The van der Waals surface area contributed by atoms with E-state index >= 15 is 0 Å². The van der Waals surface area contributed by atoms with Gasteiger partial charge in [0.1, 0.15) is 17.1 Å². The SMILES string of the molecule is CC(C)(C)c1cc(-c2nc3n(c2C=O)CCS3)cc(C(C)(C)C)c1O. The number of rotatable bonds is 2. The van der Waals surface area contributed by atoms with E-state index in [1.807, 2.05) is 16.7 Å². The predicted octanol–water partition coefficient (Wildman–Crippen LogP) is 4.77. The molecule has 0 fully saturated rings. The van der Waals surface area contributed by atoms with Crippen LogP contribution in [0.4, 0.5) is 0 Å². The molecule has 0 bridgehead atoms. The number of aromatic nitrogens is 2. The lowest BCUT2D eigenvalue weighted by atomic mass is 9.78. The summed E-state index contributed by atoms with van der Waals surface area (Å²) in [5.74, 6) is 1.30. The van der Waals surface area contributed by atoms with Crippen molar-refractivity contribution in [2.24, 2.45) is 0 Å². The fourth-order valence-corrected chi connectivity index (χ4v) is 4.20.